The third-order valence-corrected chi connectivity index (χ3v) is 3.84. The van der Waals surface area contributed by atoms with E-state index in [4.69, 9.17) is 4.98 Å². The Morgan fingerprint density at radius 2 is 1.92 bits per heavy atom. The molecule has 0 radical (unpaired) electrons. The van der Waals surface area contributed by atoms with Crippen LogP contribution < -0.4 is 10.2 Å². The summed E-state index contributed by atoms with van der Waals surface area (Å²) >= 11 is 0. The lowest BCUT2D eigenvalue weighted by Gasteiger charge is -2.14. The minimum Gasteiger partial charge on any atom is -0.392 e. The summed E-state index contributed by atoms with van der Waals surface area (Å²) in [6, 6.07) is 14.1. The second-order valence-electron chi connectivity index (χ2n) is 6.10. The molecule has 124 valence electrons. The van der Waals surface area contributed by atoms with E-state index in [-0.39, 0.29) is 0 Å². The van der Waals surface area contributed by atoms with Crippen LogP contribution in [-0.4, -0.2) is 41.8 Å². The summed E-state index contributed by atoms with van der Waals surface area (Å²) in [4.78, 5) is 11.3. The van der Waals surface area contributed by atoms with Gasteiger partial charge in [-0.05, 0) is 37.3 Å². The number of anilines is 2. The molecular formula is C19H22N4O. The van der Waals surface area contributed by atoms with E-state index in [0.29, 0.717) is 6.54 Å². The zero-order valence-corrected chi connectivity index (χ0v) is 14.2. The van der Waals surface area contributed by atoms with E-state index in [1.54, 1.807) is 13.1 Å². The van der Waals surface area contributed by atoms with E-state index in [2.05, 4.69) is 39.5 Å². The topological polar surface area (TPSA) is 61.3 Å². The van der Waals surface area contributed by atoms with Crippen LogP contribution in [0.15, 0.2) is 48.7 Å². The molecule has 5 heteroatoms. The Morgan fingerprint density at radius 1 is 1.17 bits per heavy atom. The Labute approximate surface area is 142 Å². The van der Waals surface area contributed by atoms with Crippen molar-refractivity contribution in [2.75, 3.05) is 30.9 Å². The van der Waals surface area contributed by atoms with Crippen LogP contribution in [0.4, 0.5) is 11.5 Å². The van der Waals surface area contributed by atoms with E-state index in [0.717, 1.165) is 33.7 Å². The minimum atomic E-state index is -0.443. The SMILES string of the molecule is CC(O)CNc1nc(-c2ccc(N(C)C)cc2)cc2ncccc12. The van der Waals surface area contributed by atoms with Gasteiger partial charge in [-0.25, -0.2) is 4.98 Å². The number of rotatable bonds is 5. The highest BCUT2D eigenvalue weighted by molar-refractivity contribution is 5.92. The van der Waals surface area contributed by atoms with Gasteiger partial charge in [0.05, 0.1) is 17.3 Å². The summed E-state index contributed by atoms with van der Waals surface area (Å²) in [5.41, 5.74) is 3.92. The third kappa shape index (κ3) is 3.46. The lowest BCUT2D eigenvalue weighted by Crippen LogP contribution is -2.16. The van der Waals surface area contributed by atoms with E-state index in [1.165, 1.54) is 0 Å². The van der Waals surface area contributed by atoms with Crippen molar-refractivity contribution in [3.63, 3.8) is 0 Å². The Balaban J connectivity index is 2.04. The number of nitrogens with zero attached hydrogens (tertiary/aromatic N) is 3. The number of aliphatic hydroxyl groups excluding tert-OH is 1. The molecule has 1 unspecified atom stereocenters. The molecule has 5 nitrogen and oxygen atoms in total. The zero-order valence-electron chi connectivity index (χ0n) is 14.2. The molecule has 24 heavy (non-hydrogen) atoms. The molecule has 3 aromatic rings. The monoisotopic (exact) mass is 322 g/mol. The highest BCUT2D eigenvalue weighted by Gasteiger charge is 2.09. The molecule has 0 fully saturated rings. The standard InChI is InChI=1S/C19H22N4O/c1-13(24)12-21-19-16-5-4-10-20-18(16)11-17(22-19)14-6-8-15(9-7-14)23(2)3/h4-11,13,24H,12H2,1-3H3,(H,21,22). The number of hydrogen-bond donors (Lipinski definition) is 2. The number of pyridine rings is 2. The molecule has 0 spiro atoms. The lowest BCUT2D eigenvalue weighted by molar-refractivity contribution is 0.208. The van der Waals surface area contributed by atoms with E-state index in [1.807, 2.05) is 32.3 Å². The van der Waals surface area contributed by atoms with Gasteiger partial charge in [0.25, 0.3) is 0 Å². The molecule has 2 heterocycles. The van der Waals surface area contributed by atoms with Crippen LogP contribution in [0.2, 0.25) is 0 Å². The first-order valence-electron chi connectivity index (χ1n) is 8.00. The van der Waals surface area contributed by atoms with Crippen LogP contribution in [0.1, 0.15) is 6.92 Å². The van der Waals surface area contributed by atoms with Crippen molar-refractivity contribution in [1.82, 2.24) is 9.97 Å². The number of hydrogen-bond acceptors (Lipinski definition) is 5. The minimum absolute atomic E-state index is 0.443. The second-order valence-corrected chi connectivity index (χ2v) is 6.10. The molecule has 1 aromatic carbocycles. The zero-order chi connectivity index (χ0) is 17.1. The van der Waals surface area contributed by atoms with Gasteiger partial charge in [-0.15, -0.1) is 0 Å². The molecule has 0 aliphatic heterocycles. The van der Waals surface area contributed by atoms with Gasteiger partial charge >= 0.3 is 0 Å². The van der Waals surface area contributed by atoms with Crippen molar-refractivity contribution in [3.8, 4) is 11.3 Å². The van der Waals surface area contributed by atoms with Crippen molar-refractivity contribution < 1.29 is 5.11 Å². The Kier molecular flexibility index (Phi) is 4.62. The number of nitrogens with one attached hydrogen (secondary N) is 1. The summed E-state index contributed by atoms with van der Waals surface area (Å²) in [6.45, 7) is 2.19. The average Bonchev–Trinajstić information content (AvgIpc) is 2.59. The second kappa shape index (κ2) is 6.84. The fourth-order valence-corrected chi connectivity index (χ4v) is 2.53. The van der Waals surface area contributed by atoms with Gasteiger partial charge < -0.3 is 15.3 Å². The van der Waals surface area contributed by atoms with E-state index >= 15 is 0 Å². The molecule has 1 atom stereocenters. The van der Waals surface area contributed by atoms with Crippen molar-refractivity contribution in [1.29, 1.82) is 0 Å². The summed E-state index contributed by atoms with van der Waals surface area (Å²) < 4.78 is 0. The number of aromatic nitrogens is 2. The molecule has 2 aromatic heterocycles. The summed E-state index contributed by atoms with van der Waals surface area (Å²) in [5, 5.41) is 13.7. The number of aliphatic hydroxyl groups is 1. The molecule has 3 rings (SSSR count). The normalized spacial score (nSPS) is 12.2. The first kappa shape index (κ1) is 16.2. The summed E-state index contributed by atoms with van der Waals surface area (Å²) in [7, 11) is 4.04. The molecule has 0 aliphatic carbocycles. The van der Waals surface area contributed by atoms with Crippen LogP contribution in [0.5, 0.6) is 0 Å². The maximum atomic E-state index is 9.54. The van der Waals surface area contributed by atoms with Crippen LogP contribution in [0, 0.1) is 0 Å². The lowest BCUT2D eigenvalue weighted by atomic mass is 10.1. The summed E-state index contributed by atoms with van der Waals surface area (Å²) in [5.74, 6) is 0.744. The van der Waals surface area contributed by atoms with Crippen molar-refractivity contribution >= 4 is 22.4 Å². The quantitative estimate of drug-likeness (QED) is 0.755. The molecule has 0 amide bonds. The molecule has 0 saturated carbocycles. The maximum Gasteiger partial charge on any atom is 0.136 e. The van der Waals surface area contributed by atoms with Crippen LogP contribution >= 0.6 is 0 Å². The maximum absolute atomic E-state index is 9.54. The predicted octanol–water partition coefficient (Wildman–Crippen LogP) is 3.16. The van der Waals surface area contributed by atoms with Crippen molar-refractivity contribution in [3.05, 3.63) is 48.7 Å². The smallest absolute Gasteiger partial charge is 0.136 e. The summed E-state index contributed by atoms with van der Waals surface area (Å²) in [6.07, 6.45) is 1.33. The van der Waals surface area contributed by atoms with Gasteiger partial charge in [0.2, 0.25) is 0 Å². The van der Waals surface area contributed by atoms with Crippen LogP contribution in [0.25, 0.3) is 22.2 Å². The highest BCUT2D eigenvalue weighted by atomic mass is 16.3. The van der Waals surface area contributed by atoms with Crippen molar-refractivity contribution in [2.24, 2.45) is 0 Å². The van der Waals surface area contributed by atoms with Gasteiger partial charge in [-0.2, -0.15) is 0 Å². The molecular weight excluding hydrogens is 300 g/mol. The third-order valence-electron chi connectivity index (χ3n) is 3.84. The molecule has 0 saturated heterocycles. The molecule has 0 bridgehead atoms. The molecule has 0 aliphatic rings. The van der Waals surface area contributed by atoms with Crippen molar-refractivity contribution in [2.45, 2.75) is 13.0 Å². The fraction of sp³-hybridized carbons (Fsp3) is 0.263. The average molecular weight is 322 g/mol. The number of benzene rings is 1. The van der Waals surface area contributed by atoms with Gasteiger partial charge in [0.1, 0.15) is 5.82 Å². The highest BCUT2D eigenvalue weighted by Crippen LogP contribution is 2.27. The van der Waals surface area contributed by atoms with Gasteiger partial charge in [0, 0.05) is 43.5 Å². The predicted molar refractivity (Wildman–Crippen MR) is 99.5 cm³/mol. The van der Waals surface area contributed by atoms with Crippen LogP contribution in [0.3, 0.4) is 0 Å². The van der Waals surface area contributed by atoms with Gasteiger partial charge in [-0.3, -0.25) is 4.98 Å². The Bertz CT molecular complexity index is 828. The van der Waals surface area contributed by atoms with E-state index < -0.39 is 6.10 Å². The van der Waals surface area contributed by atoms with Crippen LogP contribution in [-0.2, 0) is 0 Å². The van der Waals surface area contributed by atoms with Gasteiger partial charge in [0.15, 0.2) is 0 Å². The Hall–Kier alpha value is -2.66. The van der Waals surface area contributed by atoms with E-state index in [9.17, 15) is 5.11 Å². The largest absolute Gasteiger partial charge is 0.392 e. The fourth-order valence-electron chi connectivity index (χ4n) is 2.53. The number of fused-ring (bicyclic) bond motifs is 1. The van der Waals surface area contributed by atoms with Gasteiger partial charge in [-0.1, -0.05) is 12.1 Å². The Morgan fingerprint density at radius 3 is 2.58 bits per heavy atom. The first-order chi connectivity index (χ1) is 11.5. The molecule has 2 N–H and O–H groups in total. The first-order valence-corrected chi connectivity index (χ1v) is 8.00.